The number of hydrogen-bond donors (Lipinski definition) is 1. The summed E-state index contributed by atoms with van der Waals surface area (Å²) in [5.74, 6) is -0.856. The Kier molecular flexibility index (Phi) is 3.92. The number of aliphatic hydroxyl groups is 1. The fourth-order valence-corrected chi connectivity index (χ4v) is 2.59. The molecule has 1 heterocycles. The van der Waals surface area contributed by atoms with Gasteiger partial charge >= 0.3 is 6.18 Å². The molecule has 0 aromatic heterocycles. The van der Waals surface area contributed by atoms with E-state index in [9.17, 15) is 28.3 Å². The molecule has 1 aliphatic heterocycles. The first-order valence-corrected chi connectivity index (χ1v) is 6.40. The number of rotatable bonds is 3. The molecule has 21 heavy (non-hydrogen) atoms. The van der Waals surface area contributed by atoms with Crippen molar-refractivity contribution in [2.75, 3.05) is 6.61 Å². The number of aliphatic hydroxyl groups excluding tert-OH is 1. The van der Waals surface area contributed by atoms with Crippen LogP contribution in [0.4, 0.5) is 13.2 Å². The van der Waals surface area contributed by atoms with Crippen LogP contribution in [0, 0.1) is 11.3 Å². The van der Waals surface area contributed by atoms with Crippen molar-refractivity contribution in [2.24, 2.45) is 0 Å². The van der Waals surface area contributed by atoms with Gasteiger partial charge in [-0.3, -0.25) is 4.79 Å². The number of nitrogens with zero attached hydrogens (tertiary/aromatic N) is 2. The Morgan fingerprint density at radius 1 is 1.48 bits per heavy atom. The molecule has 1 aromatic rings. The number of carbonyl (C=O) groups is 1. The molecule has 0 spiro atoms. The summed E-state index contributed by atoms with van der Waals surface area (Å²) in [7, 11) is 0. The van der Waals surface area contributed by atoms with Gasteiger partial charge in [0.2, 0.25) is 0 Å². The first-order valence-electron chi connectivity index (χ1n) is 6.40. The molecule has 4 nitrogen and oxygen atoms in total. The Labute approximate surface area is 119 Å². The molecule has 1 amide bonds. The summed E-state index contributed by atoms with van der Waals surface area (Å²) < 4.78 is 39.1. The number of amides is 1. The molecule has 0 radical (unpaired) electrons. The summed E-state index contributed by atoms with van der Waals surface area (Å²) in [6.07, 6.45) is -4.33. The lowest BCUT2D eigenvalue weighted by atomic mass is 9.99. The fraction of sp³-hybridized carbons (Fsp3) is 0.429. The minimum absolute atomic E-state index is 0.0456. The normalized spacial score (nSPS) is 19.3. The number of fused-ring (bicyclic) bond motifs is 1. The minimum Gasteiger partial charge on any atom is -0.394 e. The van der Waals surface area contributed by atoms with Crippen molar-refractivity contribution in [3.63, 3.8) is 0 Å². The van der Waals surface area contributed by atoms with Crippen molar-refractivity contribution in [1.29, 1.82) is 5.26 Å². The van der Waals surface area contributed by atoms with Gasteiger partial charge in [-0.15, -0.1) is 0 Å². The van der Waals surface area contributed by atoms with E-state index in [4.69, 9.17) is 0 Å². The van der Waals surface area contributed by atoms with Gasteiger partial charge in [-0.05, 0) is 12.5 Å². The SMILES string of the molecule is CCC(CO)N1C(=O)c2c(cccc2C(F)(F)F)C1C#N. The highest BCUT2D eigenvalue weighted by Crippen LogP contribution is 2.42. The summed E-state index contributed by atoms with van der Waals surface area (Å²) in [6.45, 7) is 1.28. The number of benzene rings is 1. The third kappa shape index (κ3) is 2.36. The maximum atomic E-state index is 13.0. The molecule has 0 aliphatic carbocycles. The van der Waals surface area contributed by atoms with Gasteiger partial charge in [-0.1, -0.05) is 19.1 Å². The van der Waals surface area contributed by atoms with Gasteiger partial charge in [0.25, 0.3) is 5.91 Å². The van der Waals surface area contributed by atoms with E-state index in [2.05, 4.69) is 0 Å². The molecule has 2 unspecified atom stereocenters. The van der Waals surface area contributed by atoms with Crippen LogP contribution in [0.5, 0.6) is 0 Å². The second-order valence-electron chi connectivity index (χ2n) is 4.76. The molecule has 7 heteroatoms. The van der Waals surface area contributed by atoms with E-state index in [0.717, 1.165) is 11.0 Å². The lowest BCUT2D eigenvalue weighted by Gasteiger charge is -2.28. The second-order valence-corrected chi connectivity index (χ2v) is 4.76. The predicted octanol–water partition coefficient (Wildman–Crippen LogP) is 2.50. The monoisotopic (exact) mass is 298 g/mol. The Morgan fingerprint density at radius 2 is 2.14 bits per heavy atom. The third-order valence-corrected chi connectivity index (χ3v) is 3.62. The molecule has 2 rings (SSSR count). The van der Waals surface area contributed by atoms with Crippen LogP contribution in [0.25, 0.3) is 0 Å². The topological polar surface area (TPSA) is 64.3 Å². The number of halogens is 3. The van der Waals surface area contributed by atoms with Crippen molar-refractivity contribution in [1.82, 2.24) is 4.90 Å². The van der Waals surface area contributed by atoms with Crippen molar-refractivity contribution in [3.05, 3.63) is 34.9 Å². The summed E-state index contributed by atoms with van der Waals surface area (Å²) in [5, 5.41) is 18.5. The van der Waals surface area contributed by atoms with Crippen molar-refractivity contribution in [3.8, 4) is 6.07 Å². The average molecular weight is 298 g/mol. The zero-order chi connectivity index (χ0) is 15.8. The van der Waals surface area contributed by atoms with E-state index in [0.29, 0.717) is 6.42 Å². The first-order chi connectivity index (χ1) is 9.86. The maximum Gasteiger partial charge on any atom is 0.417 e. The van der Waals surface area contributed by atoms with Gasteiger partial charge in [-0.2, -0.15) is 18.4 Å². The van der Waals surface area contributed by atoms with Crippen LogP contribution in [-0.2, 0) is 6.18 Å². The molecule has 0 saturated carbocycles. The Hall–Kier alpha value is -2.07. The van der Waals surface area contributed by atoms with Gasteiger partial charge in [0.15, 0.2) is 0 Å². The maximum absolute atomic E-state index is 13.0. The molecule has 0 bridgehead atoms. The summed E-state index contributed by atoms with van der Waals surface area (Å²) in [5.41, 5.74) is -1.48. The highest BCUT2D eigenvalue weighted by atomic mass is 19.4. The standard InChI is InChI=1S/C14H13F3N2O2/c1-2-8(7-20)19-11(6-18)9-4-3-5-10(14(15,16)17)12(9)13(19)21/h3-5,8,11,20H,2,7H2,1H3. The summed E-state index contributed by atoms with van der Waals surface area (Å²) >= 11 is 0. The lowest BCUT2D eigenvalue weighted by molar-refractivity contribution is -0.137. The Morgan fingerprint density at radius 3 is 2.62 bits per heavy atom. The number of carbonyl (C=O) groups excluding carboxylic acids is 1. The molecule has 1 aromatic carbocycles. The minimum atomic E-state index is -4.67. The van der Waals surface area contributed by atoms with Crippen LogP contribution in [0.3, 0.4) is 0 Å². The quantitative estimate of drug-likeness (QED) is 0.932. The highest BCUT2D eigenvalue weighted by Gasteiger charge is 2.46. The third-order valence-electron chi connectivity index (χ3n) is 3.62. The molecular weight excluding hydrogens is 285 g/mol. The van der Waals surface area contributed by atoms with E-state index >= 15 is 0 Å². The van der Waals surface area contributed by atoms with E-state index in [1.807, 2.05) is 6.07 Å². The zero-order valence-electron chi connectivity index (χ0n) is 11.2. The van der Waals surface area contributed by atoms with Gasteiger partial charge in [-0.25, -0.2) is 0 Å². The van der Waals surface area contributed by atoms with Gasteiger partial charge in [0, 0.05) is 5.56 Å². The first kappa shape index (κ1) is 15.3. The smallest absolute Gasteiger partial charge is 0.394 e. The van der Waals surface area contributed by atoms with Crippen LogP contribution >= 0.6 is 0 Å². The zero-order valence-corrected chi connectivity index (χ0v) is 11.2. The lowest BCUT2D eigenvalue weighted by Crippen LogP contribution is -2.40. The van der Waals surface area contributed by atoms with Crippen molar-refractivity contribution < 1.29 is 23.1 Å². The highest BCUT2D eigenvalue weighted by molar-refractivity contribution is 6.01. The predicted molar refractivity (Wildman–Crippen MR) is 67.1 cm³/mol. The molecular formula is C14H13F3N2O2. The van der Waals surface area contributed by atoms with Gasteiger partial charge in [0.1, 0.15) is 6.04 Å². The second kappa shape index (κ2) is 5.37. The Bertz CT molecular complexity index is 603. The van der Waals surface area contributed by atoms with Crippen LogP contribution < -0.4 is 0 Å². The average Bonchev–Trinajstić information content (AvgIpc) is 2.72. The van der Waals surface area contributed by atoms with E-state index in [1.165, 1.54) is 12.1 Å². The van der Waals surface area contributed by atoms with E-state index in [-0.39, 0.29) is 5.56 Å². The molecule has 2 atom stereocenters. The van der Waals surface area contributed by atoms with Crippen LogP contribution in [0.2, 0.25) is 0 Å². The van der Waals surface area contributed by atoms with Crippen LogP contribution in [0.15, 0.2) is 18.2 Å². The van der Waals surface area contributed by atoms with Crippen molar-refractivity contribution in [2.45, 2.75) is 31.6 Å². The number of alkyl halides is 3. The molecule has 112 valence electrons. The molecule has 0 saturated heterocycles. The summed E-state index contributed by atoms with van der Waals surface area (Å²) in [4.78, 5) is 13.4. The fourth-order valence-electron chi connectivity index (χ4n) is 2.59. The molecule has 1 N–H and O–H groups in total. The van der Waals surface area contributed by atoms with E-state index < -0.39 is 41.9 Å². The van der Waals surface area contributed by atoms with Crippen molar-refractivity contribution >= 4 is 5.91 Å². The molecule has 0 fully saturated rings. The number of nitriles is 1. The van der Waals surface area contributed by atoms with E-state index in [1.54, 1.807) is 6.92 Å². The molecule has 1 aliphatic rings. The van der Waals surface area contributed by atoms with Gasteiger partial charge in [0.05, 0.1) is 29.8 Å². The van der Waals surface area contributed by atoms with Crippen LogP contribution in [-0.4, -0.2) is 28.6 Å². The number of hydrogen-bond acceptors (Lipinski definition) is 3. The van der Waals surface area contributed by atoms with Gasteiger partial charge < -0.3 is 10.0 Å². The Balaban J connectivity index is 2.62. The van der Waals surface area contributed by atoms with Crippen LogP contribution in [0.1, 0.15) is 40.9 Å². The largest absolute Gasteiger partial charge is 0.417 e. The summed E-state index contributed by atoms with van der Waals surface area (Å²) in [6, 6.07) is 3.42.